The molecule has 0 atom stereocenters. The van der Waals surface area contributed by atoms with Gasteiger partial charge < -0.3 is 19.7 Å². The fourth-order valence-electron chi connectivity index (χ4n) is 2.83. The summed E-state index contributed by atoms with van der Waals surface area (Å²) >= 11 is 0. The zero-order valence-corrected chi connectivity index (χ0v) is 16.2. The summed E-state index contributed by atoms with van der Waals surface area (Å²) < 4.78 is 10.6. The normalized spacial score (nSPS) is 11.2. The number of benzene rings is 2. The first-order valence-corrected chi connectivity index (χ1v) is 8.84. The van der Waals surface area contributed by atoms with Gasteiger partial charge in [-0.2, -0.15) is 0 Å². The quantitative estimate of drug-likeness (QED) is 0.448. The second-order valence-electron chi connectivity index (χ2n) is 6.09. The summed E-state index contributed by atoms with van der Waals surface area (Å²) in [5, 5.41) is 3.43. The van der Waals surface area contributed by atoms with Crippen LogP contribution in [-0.2, 0) is 13.0 Å². The average Bonchev–Trinajstić information content (AvgIpc) is 2.68. The largest absolute Gasteiger partial charge is 0.497 e. The molecule has 0 unspecified atom stereocenters. The van der Waals surface area contributed by atoms with E-state index in [4.69, 9.17) is 9.47 Å². The van der Waals surface area contributed by atoms with E-state index in [9.17, 15) is 0 Å². The van der Waals surface area contributed by atoms with Crippen molar-refractivity contribution in [1.29, 1.82) is 0 Å². The lowest BCUT2D eigenvalue weighted by molar-refractivity contribution is 0.396. The third kappa shape index (κ3) is 5.69. The van der Waals surface area contributed by atoms with E-state index >= 15 is 0 Å². The predicted molar refractivity (Wildman–Crippen MR) is 107 cm³/mol. The van der Waals surface area contributed by atoms with Gasteiger partial charge in [-0.15, -0.1) is 0 Å². The molecule has 0 saturated carbocycles. The molecule has 0 heterocycles. The molecular weight excluding hydrogens is 326 g/mol. The Balaban J connectivity index is 1.80. The van der Waals surface area contributed by atoms with Crippen LogP contribution in [0, 0.1) is 0 Å². The highest BCUT2D eigenvalue weighted by molar-refractivity contribution is 5.79. The van der Waals surface area contributed by atoms with Gasteiger partial charge in [0.15, 0.2) is 5.96 Å². The highest BCUT2D eigenvalue weighted by atomic mass is 16.5. The van der Waals surface area contributed by atoms with Crippen LogP contribution < -0.4 is 14.8 Å². The molecule has 0 radical (unpaired) electrons. The number of hydrogen-bond donors (Lipinski definition) is 1. The van der Waals surface area contributed by atoms with Crippen LogP contribution in [0.25, 0.3) is 0 Å². The highest BCUT2D eigenvalue weighted by Gasteiger charge is 2.09. The SMILES string of the molecule is CN=C(NCCCc1ccc(OC)cc1)N(C)Cc1ccccc1OC. The number of rotatable bonds is 8. The van der Waals surface area contributed by atoms with Gasteiger partial charge in [0.05, 0.1) is 14.2 Å². The van der Waals surface area contributed by atoms with Crippen LogP contribution in [-0.4, -0.2) is 45.7 Å². The van der Waals surface area contributed by atoms with Gasteiger partial charge in [-0.3, -0.25) is 4.99 Å². The Kier molecular flexibility index (Phi) is 7.80. The van der Waals surface area contributed by atoms with Crippen LogP contribution >= 0.6 is 0 Å². The van der Waals surface area contributed by atoms with Gasteiger partial charge in [0.2, 0.25) is 0 Å². The summed E-state index contributed by atoms with van der Waals surface area (Å²) in [7, 11) is 7.23. The van der Waals surface area contributed by atoms with Gasteiger partial charge in [0.1, 0.15) is 11.5 Å². The Bertz CT molecular complexity index is 699. The fourth-order valence-corrected chi connectivity index (χ4v) is 2.83. The molecule has 5 heteroatoms. The Hall–Kier alpha value is -2.69. The number of methoxy groups -OCH3 is 2. The number of hydrogen-bond acceptors (Lipinski definition) is 3. The smallest absolute Gasteiger partial charge is 0.193 e. The topological polar surface area (TPSA) is 46.1 Å². The molecule has 2 rings (SSSR count). The molecule has 140 valence electrons. The van der Waals surface area contributed by atoms with Gasteiger partial charge in [-0.05, 0) is 36.6 Å². The summed E-state index contributed by atoms with van der Waals surface area (Å²) in [5.41, 5.74) is 2.45. The monoisotopic (exact) mass is 355 g/mol. The number of para-hydroxylation sites is 1. The molecule has 0 saturated heterocycles. The van der Waals surface area contributed by atoms with Gasteiger partial charge in [0.25, 0.3) is 0 Å². The van der Waals surface area contributed by atoms with Crippen molar-refractivity contribution in [1.82, 2.24) is 10.2 Å². The molecule has 2 aromatic rings. The van der Waals surface area contributed by atoms with Crippen LogP contribution in [0.15, 0.2) is 53.5 Å². The van der Waals surface area contributed by atoms with Gasteiger partial charge >= 0.3 is 0 Å². The van der Waals surface area contributed by atoms with Crippen molar-refractivity contribution in [3.63, 3.8) is 0 Å². The molecule has 0 aliphatic rings. The van der Waals surface area contributed by atoms with Crippen molar-refractivity contribution >= 4 is 5.96 Å². The van der Waals surface area contributed by atoms with Crippen LogP contribution in [0.1, 0.15) is 17.5 Å². The van der Waals surface area contributed by atoms with Crippen LogP contribution in [0.4, 0.5) is 0 Å². The van der Waals surface area contributed by atoms with E-state index in [0.717, 1.165) is 49.0 Å². The van der Waals surface area contributed by atoms with E-state index in [0.29, 0.717) is 0 Å². The molecule has 0 amide bonds. The zero-order valence-electron chi connectivity index (χ0n) is 16.2. The lowest BCUT2D eigenvalue weighted by Gasteiger charge is -2.23. The molecule has 0 aromatic heterocycles. The standard InChI is InChI=1S/C21H29N3O2/c1-22-21(24(2)16-18-9-5-6-10-20(18)26-4)23-15-7-8-17-11-13-19(25-3)14-12-17/h5-6,9-14H,7-8,15-16H2,1-4H3,(H,22,23). The Morgan fingerprint density at radius 3 is 2.42 bits per heavy atom. The summed E-state index contributed by atoms with van der Waals surface area (Å²) in [6.45, 7) is 1.61. The Morgan fingerprint density at radius 1 is 1.04 bits per heavy atom. The Labute approximate surface area is 156 Å². The maximum Gasteiger partial charge on any atom is 0.193 e. The second kappa shape index (κ2) is 10.3. The third-order valence-electron chi connectivity index (χ3n) is 4.26. The molecule has 1 N–H and O–H groups in total. The van der Waals surface area contributed by atoms with E-state index < -0.39 is 0 Å². The first-order valence-electron chi connectivity index (χ1n) is 8.84. The Morgan fingerprint density at radius 2 is 1.77 bits per heavy atom. The molecule has 0 bridgehead atoms. The lowest BCUT2D eigenvalue weighted by atomic mass is 10.1. The number of nitrogens with one attached hydrogen (secondary N) is 1. The maximum absolute atomic E-state index is 5.43. The predicted octanol–water partition coefficient (Wildman–Crippen LogP) is 3.34. The molecule has 0 fully saturated rings. The van der Waals surface area contributed by atoms with E-state index in [1.165, 1.54) is 5.56 Å². The van der Waals surface area contributed by atoms with Gasteiger partial charge in [0, 0.05) is 32.7 Å². The van der Waals surface area contributed by atoms with Crippen molar-refractivity contribution in [2.24, 2.45) is 4.99 Å². The average molecular weight is 355 g/mol. The van der Waals surface area contributed by atoms with Crippen molar-refractivity contribution in [2.75, 3.05) is 34.9 Å². The molecule has 5 nitrogen and oxygen atoms in total. The van der Waals surface area contributed by atoms with Crippen LogP contribution in [0.5, 0.6) is 11.5 Å². The van der Waals surface area contributed by atoms with Gasteiger partial charge in [-0.1, -0.05) is 30.3 Å². The number of guanidine groups is 1. The van der Waals surface area contributed by atoms with Crippen molar-refractivity contribution in [3.05, 3.63) is 59.7 Å². The minimum Gasteiger partial charge on any atom is -0.497 e. The molecule has 0 spiro atoms. The van der Waals surface area contributed by atoms with Gasteiger partial charge in [-0.25, -0.2) is 0 Å². The lowest BCUT2D eigenvalue weighted by Crippen LogP contribution is -2.39. The van der Waals surface area contributed by atoms with Crippen molar-refractivity contribution in [2.45, 2.75) is 19.4 Å². The molecule has 0 aliphatic carbocycles. The zero-order chi connectivity index (χ0) is 18.8. The number of aryl methyl sites for hydroxylation is 1. The molecule has 26 heavy (non-hydrogen) atoms. The van der Waals surface area contributed by atoms with E-state index in [1.807, 2.05) is 44.4 Å². The molecule has 0 aliphatic heterocycles. The second-order valence-corrected chi connectivity index (χ2v) is 6.09. The number of nitrogens with zero attached hydrogens (tertiary/aromatic N) is 2. The van der Waals surface area contributed by atoms with E-state index in [1.54, 1.807) is 14.2 Å². The van der Waals surface area contributed by atoms with Crippen molar-refractivity contribution < 1.29 is 9.47 Å². The van der Waals surface area contributed by atoms with E-state index in [2.05, 4.69) is 33.4 Å². The summed E-state index contributed by atoms with van der Waals surface area (Å²) in [6.07, 6.45) is 2.05. The number of aliphatic imine (C=N–C) groups is 1. The first-order chi connectivity index (χ1) is 12.7. The minimum absolute atomic E-state index is 0.738. The van der Waals surface area contributed by atoms with Crippen molar-refractivity contribution in [3.8, 4) is 11.5 Å². The highest BCUT2D eigenvalue weighted by Crippen LogP contribution is 2.18. The van der Waals surface area contributed by atoms with Crippen LogP contribution in [0.3, 0.4) is 0 Å². The maximum atomic E-state index is 5.43. The fraction of sp³-hybridized carbons (Fsp3) is 0.381. The minimum atomic E-state index is 0.738. The molecule has 2 aromatic carbocycles. The third-order valence-corrected chi connectivity index (χ3v) is 4.26. The van der Waals surface area contributed by atoms with Crippen LogP contribution in [0.2, 0.25) is 0 Å². The number of ether oxygens (including phenoxy) is 2. The molecular formula is C21H29N3O2. The summed E-state index contributed by atoms with van der Waals surface area (Å²) in [6, 6.07) is 16.3. The summed E-state index contributed by atoms with van der Waals surface area (Å²) in [5.74, 6) is 2.67. The first kappa shape index (κ1) is 19.6. The summed E-state index contributed by atoms with van der Waals surface area (Å²) in [4.78, 5) is 6.48. The van der Waals surface area contributed by atoms with E-state index in [-0.39, 0.29) is 0 Å².